The Hall–Kier alpha value is -0.930. The van der Waals surface area contributed by atoms with Crippen LogP contribution in [-0.4, -0.2) is 35.2 Å². The standard InChI is InChI=1S/C11H16N2O/c1-13-7-9(8-14)5-11(13)10-3-2-4-12-6-10/h2-4,6,9,11,14H,5,7-8H2,1H3/t9?,11-/m0/s1. The summed E-state index contributed by atoms with van der Waals surface area (Å²) in [6, 6.07) is 4.50. The highest BCUT2D eigenvalue weighted by atomic mass is 16.3. The van der Waals surface area contributed by atoms with Crippen molar-refractivity contribution in [3.63, 3.8) is 0 Å². The van der Waals surface area contributed by atoms with Gasteiger partial charge in [-0.1, -0.05) is 6.07 Å². The van der Waals surface area contributed by atoms with Crippen LogP contribution >= 0.6 is 0 Å². The molecule has 0 saturated carbocycles. The maximum absolute atomic E-state index is 9.11. The van der Waals surface area contributed by atoms with E-state index in [0.29, 0.717) is 18.6 Å². The Morgan fingerprint density at radius 2 is 2.50 bits per heavy atom. The van der Waals surface area contributed by atoms with Gasteiger partial charge in [-0.2, -0.15) is 0 Å². The number of aliphatic hydroxyl groups excluding tert-OH is 1. The maximum atomic E-state index is 9.11. The summed E-state index contributed by atoms with van der Waals surface area (Å²) in [5, 5.41) is 9.11. The van der Waals surface area contributed by atoms with Gasteiger partial charge >= 0.3 is 0 Å². The fourth-order valence-electron chi connectivity index (χ4n) is 2.20. The molecule has 1 aromatic heterocycles. The number of aliphatic hydroxyl groups is 1. The van der Waals surface area contributed by atoms with Crippen LogP contribution in [0.1, 0.15) is 18.0 Å². The van der Waals surface area contributed by atoms with Gasteiger partial charge in [0, 0.05) is 31.6 Å². The molecule has 1 saturated heterocycles. The minimum atomic E-state index is 0.293. The van der Waals surface area contributed by atoms with Gasteiger partial charge in [0.25, 0.3) is 0 Å². The maximum Gasteiger partial charge on any atom is 0.0472 e. The predicted octanol–water partition coefficient (Wildman–Crippen LogP) is 1.07. The largest absolute Gasteiger partial charge is 0.396 e. The number of pyridine rings is 1. The topological polar surface area (TPSA) is 36.4 Å². The van der Waals surface area contributed by atoms with Crippen LogP contribution in [0, 0.1) is 5.92 Å². The third kappa shape index (κ3) is 1.79. The number of aromatic nitrogens is 1. The van der Waals surface area contributed by atoms with Crippen molar-refractivity contribution in [3.05, 3.63) is 30.1 Å². The molecule has 3 nitrogen and oxygen atoms in total. The molecule has 14 heavy (non-hydrogen) atoms. The number of hydrogen-bond acceptors (Lipinski definition) is 3. The Morgan fingerprint density at radius 1 is 1.64 bits per heavy atom. The molecule has 1 aromatic rings. The van der Waals surface area contributed by atoms with Gasteiger partial charge in [0.05, 0.1) is 0 Å². The summed E-state index contributed by atoms with van der Waals surface area (Å²) >= 11 is 0. The molecule has 2 rings (SSSR count). The van der Waals surface area contributed by atoms with E-state index in [1.165, 1.54) is 5.56 Å². The highest BCUT2D eigenvalue weighted by molar-refractivity contribution is 5.15. The molecule has 1 N–H and O–H groups in total. The number of hydrogen-bond donors (Lipinski definition) is 1. The van der Waals surface area contributed by atoms with Gasteiger partial charge in [-0.05, 0) is 31.0 Å². The van der Waals surface area contributed by atoms with Crippen molar-refractivity contribution >= 4 is 0 Å². The van der Waals surface area contributed by atoms with Crippen molar-refractivity contribution in [2.24, 2.45) is 5.92 Å². The molecule has 2 heterocycles. The van der Waals surface area contributed by atoms with Crippen LogP contribution in [0.3, 0.4) is 0 Å². The molecule has 76 valence electrons. The first-order valence-corrected chi connectivity index (χ1v) is 5.02. The highest BCUT2D eigenvalue weighted by Gasteiger charge is 2.29. The Bertz CT molecular complexity index is 289. The molecule has 0 spiro atoms. The minimum Gasteiger partial charge on any atom is -0.396 e. The fourth-order valence-corrected chi connectivity index (χ4v) is 2.20. The van der Waals surface area contributed by atoms with Crippen LogP contribution in [0.2, 0.25) is 0 Å². The summed E-state index contributed by atoms with van der Waals surface area (Å²) < 4.78 is 0. The fraction of sp³-hybridized carbons (Fsp3) is 0.545. The zero-order valence-electron chi connectivity index (χ0n) is 8.43. The Kier molecular flexibility index (Phi) is 2.79. The van der Waals surface area contributed by atoms with Crippen LogP contribution < -0.4 is 0 Å². The molecular weight excluding hydrogens is 176 g/mol. The Labute approximate surface area is 84.4 Å². The molecule has 3 heteroatoms. The zero-order valence-corrected chi connectivity index (χ0v) is 8.43. The van der Waals surface area contributed by atoms with E-state index in [2.05, 4.69) is 23.0 Å². The lowest BCUT2D eigenvalue weighted by Gasteiger charge is -2.18. The predicted molar refractivity (Wildman–Crippen MR) is 54.8 cm³/mol. The third-order valence-corrected chi connectivity index (χ3v) is 2.96. The Morgan fingerprint density at radius 3 is 3.07 bits per heavy atom. The van der Waals surface area contributed by atoms with E-state index in [-0.39, 0.29) is 0 Å². The molecule has 1 aliphatic heterocycles. The van der Waals surface area contributed by atoms with E-state index in [1.807, 2.05) is 12.3 Å². The minimum absolute atomic E-state index is 0.293. The van der Waals surface area contributed by atoms with Crippen LogP contribution in [-0.2, 0) is 0 Å². The van der Waals surface area contributed by atoms with Crippen LogP contribution in [0.4, 0.5) is 0 Å². The molecule has 0 aliphatic carbocycles. The van der Waals surface area contributed by atoms with Gasteiger partial charge in [0.15, 0.2) is 0 Å². The molecule has 0 bridgehead atoms. The highest BCUT2D eigenvalue weighted by Crippen LogP contribution is 2.33. The number of likely N-dealkylation sites (tertiary alicyclic amines) is 1. The molecule has 0 amide bonds. The van der Waals surface area contributed by atoms with Crippen LogP contribution in [0.25, 0.3) is 0 Å². The van der Waals surface area contributed by atoms with Crippen molar-refractivity contribution in [3.8, 4) is 0 Å². The smallest absolute Gasteiger partial charge is 0.0472 e. The van der Waals surface area contributed by atoms with Crippen molar-refractivity contribution in [1.82, 2.24) is 9.88 Å². The van der Waals surface area contributed by atoms with E-state index in [9.17, 15) is 0 Å². The first-order chi connectivity index (χ1) is 6.81. The summed E-state index contributed by atoms with van der Waals surface area (Å²) in [6.07, 6.45) is 4.75. The van der Waals surface area contributed by atoms with Gasteiger partial charge in [-0.3, -0.25) is 9.88 Å². The molecular formula is C11H16N2O. The summed E-state index contributed by atoms with van der Waals surface area (Å²) in [5.41, 5.74) is 1.26. The van der Waals surface area contributed by atoms with Crippen LogP contribution in [0.5, 0.6) is 0 Å². The van der Waals surface area contributed by atoms with E-state index in [0.717, 1.165) is 13.0 Å². The average Bonchev–Trinajstić information content (AvgIpc) is 2.61. The van der Waals surface area contributed by atoms with E-state index in [4.69, 9.17) is 5.11 Å². The van der Waals surface area contributed by atoms with Gasteiger partial charge < -0.3 is 5.11 Å². The lowest BCUT2D eigenvalue weighted by Crippen LogP contribution is -2.18. The second-order valence-corrected chi connectivity index (χ2v) is 4.03. The Balaban J connectivity index is 2.13. The van der Waals surface area contributed by atoms with Gasteiger partial charge in [0.1, 0.15) is 0 Å². The summed E-state index contributed by atoms with van der Waals surface area (Å²) in [4.78, 5) is 6.41. The normalized spacial score (nSPS) is 28.1. The van der Waals surface area contributed by atoms with E-state index >= 15 is 0 Å². The summed E-state index contributed by atoms with van der Waals surface area (Å²) in [5.74, 6) is 0.421. The molecule has 1 fully saturated rings. The van der Waals surface area contributed by atoms with Crippen molar-refractivity contribution in [1.29, 1.82) is 0 Å². The summed E-state index contributed by atoms with van der Waals surface area (Å²) in [6.45, 7) is 1.27. The summed E-state index contributed by atoms with van der Waals surface area (Å²) in [7, 11) is 2.10. The number of nitrogens with zero attached hydrogens (tertiary/aromatic N) is 2. The van der Waals surface area contributed by atoms with Crippen molar-refractivity contribution < 1.29 is 5.11 Å². The first kappa shape index (κ1) is 9.62. The molecule has 2 atom stereocenters. The second-order valence-electron chi connectivity index (χ2n) is 4.03. The van der Waals surface area contributed by atoms with E-state index in [1.54, 1.807) is 6.20 Å². The van der Waals surface area contributed by atoms with E-state index < -0.39 is 0 Å². The lowest BCUT2D eigenvalue weighted by atomic mass is 10.0. The average molecular weight is 192 g/mol. The molecule has 1 unspecified atom stereocenters. The lowest BCUT2D eigenvalue weighted by molar-refractivity contribution is 0.227. The quantitative estimate of drug-likeness (QED) is 0.761. The monoisotopic (exact) mass is 192 g/mol. The van der Waals surface area contributed by atoms with Crippen molar-refractivity contribution in [2.45, 2.75) is 12.5 Å². The van der Waals surface area contributed by atoms with Gasteiger partial charge in [0.2, 0.25) is 0 Å². The second kappa shape index (κ2) is 4.07. The zero-order chi connectivity index (χ0) is 9.97. The third-order valence-electron chi connectivity index (χ3n) is 2.96. The van der Waals surface area contributed by atoms with Crippen molar-refractivity contribution in [2.75, 3.05) is 20.2 Å². The van der Waals surface area contributed by atoms with Gasteiger partial charge in [-0.25, -0.2) is 0 Å². The SMILES string of the molecule is CN1CC(CO)C[C@H]1c1cccnc1. The van der Waals surface area contributed by atoms with Crippen LogP contribution in [0.15, 0.2) is 24.5 Å². The molecule has 0 radical (unpaired) electrons. The number of rotatable bonds is 2. The first-order valence-electron chi connectivity index (χ1n) is 5.02. The molecule has 1 aliphatic rings. The van der Waals surface area contributed by atoms with Gasteiger partial charge in [-0.15, -0.1) is 0 Å². The molecule has 0 aromatic carbocycles.